The van der Waals surface area contributed by atoms with E-state index in [0.29, 0.717) is 0 Å². The lowest BCUT2D eigenvalue weighted by Crippen LogP contribution is -2.36. The van der Waals surface area contributed by atoms with Gasteiger partial charge in [-0.1, -0.05) is 0 Å². The number of aliphatic hydroxyl groups excluding tert-OH is 1. The third-order valence-electron chi connectivity index (χ3n) is 8.00. The Morgan fingerprint density at radius 3 is 2.43 bits per heavy atom. The number of phosphoric ester groups is 1. The molecule has 0 aromatic carbocycles. The van der Waals surface area contributed by atoms with Crippen molar-refractivity contribution in [3.05, 3.63) is 29.3 Å². The molecule has 254 valence electrons. The highest BCUT2D eigenvalue weighted by Gasteiger charge is 2.53. The third kappa shape index (κ3) is 5.97. The fourth-order valence-corrected chi connectivity index (χ4v) is 8.35. The van der Waals surface area contributed by atoms with Gasteiger partial charge in [-0.15, -0.1) is 0 Å². The highest BCUT2D eigenvalue weighted by atomic mass is 32.5. The Kier molecular flexibility index (Phi) is 8.40. The molecule has 4 aromatic heterocycles. The molecule has 10 unspecified atom stereocenters. The van der Waals surface area contributed by atoms with E-state index in [9.17, 15) is 24.3 Å². The van der Waals surface area contributed by atoms with Crippen LogP contribution in [0.15, 0.2) is 23.8 Å². The topological polar surface area (TPSA) is 318 Å². The minimum Gasteiger partial charge on any atom is -0.386 e. The maximum Gasteiger partial charge on any atom is 0.472 e. The van der Waals surface area contributed by atoms with Crippen LogP contribution in [-0.4, -0.2) is 104 Å². The van der Waals surface area contributed by atoms with Gasteiger partial charge in [0, 0.05) is 5.92 Å². The molecule has 47 heavy (non-hydrogen) atoms. The molecule has 10 N–H and O–H groups in total. The number of nitrogens with one attached hydrogen (secondary N) is 1. The average Bonchev–Trinajstić information content (AvgIpc) is 3.76. The summed E-state index contributed by atoms with van der Waals surface area (Å²) in [5.41, 5.74) is 17.3. The van der Waals surface area contributed by atoms with Crippen molar-refractivity contribution >= 4 is 60.4 Å². The van der Waals surface area contributed by atoms with Gasteiger partial charge in [0.1, 0.15) is 36.3 Å². The number of fused-ring (bicyclic) bond motifs is 5. The molecule has 0 saturated carbocycles. The van der Waals surface area contributed by atoms with Crippen LogP contribution in [0.4, 0.5) is 11.8 Å². The molecule has 0 aliphatic carbocycles. The number of imidazole rings is 2. The van der Waals surface area contributed by atoms with E-state index < -0.39 is 82.2 Å². The van der Waals surface area contributed by atoms with E-state index in [4.69, 9.17) is 56.6 Å². The number of aromatic amines is 1. The summed E-state index contributed by atoms with van der Waals surface area (Å²) in [6.07, 6.45) is -5.04. The van der Waals surface area contributed by atoms with Crippen LogP contribution >= 0.6 is 14.5 Å². The first-order valence-electron chi connectivity index (χ1n) is 14.0. The molecule has 0 amide bonds. The van der Waals surface area contributed by atoms with Crippen LogP contribution in [0.25, 0.3) is 22.3 Å². The van der Waals surface area contributed by atoms with Crippen LogP contribution in [0.2, 0.25) is 0 Å². The summed E-state index contributed by atoms with van der Waals surface area (Å²) in [5.74, 6) is -0.816. The number of phosphoric acid groups is 1. The standard InChI is InChI=1S/C22H29N11O11P2S/c23-2-1-8-9-3-39-45(36,37)43-15-10(42-20(13(15)34)32-6-28-11-16(24)26-5-27-17(11)32)4-40-46(38,47)44-14(8)21(41-9)33-7-29-12-18(33)30-22(25)31-19(12)35/h5-10,13-15,20-21,34H,1-4,23H2,(H,36,37)(H,38,47)(H2,24,26,27)(H3,25,30,31,35). The molecule has 3 aliphatic heterocycles. The summed E-state index contributed by atoms with van der Waals surface area (Å²) in [5, 5.41) is 11.3. The largest absolute Gasteiger partial charge is 0.472 e. The Balaban J connectivity index is 1.23. The number of anilines is 2. The summed E-state index contributed by atoms with van der Waals surface area (Å²) in [6, 6.07) is 0. The second-order valence-corrected chi connectivity index (χ2v) is 15.1. The predicted molar refractivity (Wildman–Crippen MR) is 161 cm³/mol. The van der Waals surface area contributed by atoms with Crippen LogP contribution in [0, 0.1) is 5.92 Å². The predicted octanol–water partition coefficient (Wildman–Crippen LogP) is -1.62. The summed E-state index contributed by atoms with van der Waals surface area (Å²) < 4.78 is 50.8. The monoisotopic (exact) mass is 717 g/mol. The Hall–Kier alpha value is -3.02. The number of rotatable bonds is 4. The first-order chi connectivity index (χ1) is 22.4. The minimum atomic E-state index is -4.95. The second kappa shape index (κ2) is 12.1. The number of H-pyrrole nitrogens is 1. The number of hydrogen-bond donors (Lipinski definition) is 7. The van der Waals surface area contributed by atoms with Gasteiger partial charge in [0.05, 0.1) is 32.0 Å². The Morgan fingerprint density at radius 1 is 0.957 bits per heavy atom. The van der Waals surface area contributed by atoms with Crippen LogP contribution in [0.1, 0.15) is 18.9 Å². The van der Waals surface area contributed by atoms with E-state index in [-0.39, 0.29) is 47.1 Å². The Bertz CT molecular complexity index is 1980. The number of nitrogens with zero attached hydrogens (tertiary/aromatic N) is 7. The van der Waals surface area contributed by atoms with Crippen LogP contribution in [-0.2, 0) is 43.9 Å². The number of hydrogen-bond acceptors (Lipinski definition) is 18. The summed E-state index contributed by atoms with van der Waals surface area (Å²) in [7, 11) is -4.95. The van der Waals surface area contributed by atoms with Crippen molar-refractivity contribution < 1.29 is 47.0 Å². The van der Waals surface area contributed by atoms with Gasteiger partial charge in [-0.2, -0.15) is 4.98 Å². The molecule has 10 atom stereocenters. The maximum absolute atomic E-state index is 13.3. The molecule has 2 bridgehead atoms. The van der Waals surface area contributed by atoms with Gasteiger partial charge in [-0.25, -0.2) is 24.5 Å². The zero-order valence-electron chi connectivity index (χ0n) is 24.0. The molecule has 7 rings (SSSR count). The van der Waals surface area contributed by atoms with E-state index in [2.05, 4.69) is 29.9 Å². The highest BCUT2D eigenvalue weighted by Crippen LogP contribution is 2.55. The molecular formula is C22H29N11O11P2S. The van der Waals surface area contributed by atoms with Gasteiger partial charge < -0.3 is 50.6 Å². The number of nitrogen functional groups attached to an aromatic ring is 2. The third-order valence-corrected chi connectivity index (χ3v) is 10.5. The molecule has 4 aromatic rings. The fraction of sp³-hybridized carbons (Fsp3) is 0.545. The van der Waals surface area contributed by atoms with Crippen molar-refractivity contribution in [2.24, 2.45) is 11.7 Å². The van der Waals surface area contributed by atoms with Crippen molar-refractivity contribution in [1.82, 2.24) is 39.0 Å². The zero-order chi connectivity index (χ0) is 33.2. The van der Waals surface area contributed by atoms with Crippen molar-refractivity contribution in [3.63, 3.8) is 0 Å². The van der Waals surface area contributed by atoms with Crippen molar-refractivity contribution in [2.75, 3.05) is 31.2 Å². The van der Waals surface area contributed by atoms with Gasteiger partial charge in [-0.3, -0.25) is 28.0 Å². The molecule has 7 heterocycles. The summed E-state index contributed by atoms with van der Waals surface area (Å²) >= 11 is 5.38. The maximum atomic E-state index is 13.3. The summed E-state index contributed by atoms with van der Waals surface area (Å²) in [4.78, 5) is 57.4. The van der Waals surface area contributed by atoms with Crippen LogP contribution in [0.5, 0.6) is 0 Å². The number of aromatic nitrogens is 8. The van der Waals surface area contributed by atoms with Crippen LogP contribution < -0.4 is 22.8 Å². The van der Waals surface area contributed by atoms with E-state index in [0.717, 1.165) is 0 Å². The number of nitrogens with two attached hydrogens (primary N) is 3. The molecule has 25 heteroatoms. The summed E-state index contributed by atoms with van der Waals surface area (Å²) in [6.45, 7) is -5.18. The highest BCUT2D eigenvalue weighted by molar-refractivity contribution is 8.07. The molecule has 0 radical (unpaired) electrons. The molecule has 3 aliphatic rings. The lowest BCUT2D eigenvalue weighted by molar-refractivity contribution is -0.0631. The minimum absolute atomic E-state index is 0.0311. The van der Waals surface area contributed by atoms with Gasteiger partial charge in [0.2, 0.25) is 5.95 Å². The SMILES string of the molecule is NCCC1C2COP(=O)(O)OC3C(COP(O)(=S)OC1C(n1cnc4c(=O)[nH]c(N)nc41)O2)OC(n1cnc2c(N)ncnc21)C3O. The molecule has 3 fully saturated rings. The smallest absolute Gasteiger partial charge is 0.386 e. The quantitative estimate of drug-likeness (QED) is 0.117. The molecule has 0 spiro atoms. The Labute approximate surface area is 268 Å². The lowest BCUT2D eigenvalue weighted by atomic mass is 9.94. The van der Waals surface area contributed by atoms with Crippen molar-refractivity contribution in [1.29, 1.82) is 0 Å². The van der Waals surface area contributed by atoms with E-state index in [1.54, 1.807) is 0 Å². The molecule has 22 nitrogen and oxygen atoms in total. The van der Waals surface area contributed by atoms with Crippen LogP contribution in [0.3, 0.4) is 0 Å². The first kappa shape index (κ1) is 32.5. The van der Waals surface area contributed by atoms with E-state index >= 15 is 0 Å². The molecule has 3 saturated heterocycles. The second-order valence-electron chi connectivity index (χ2n) is 10.9. The van der Waals surface area contributed by atoms with Gasteiger partial charge in [-0.05, 0) is 24.8 Å². The molecular weight excluding hydrogens is 688 g/mol. The van der Waals surface area contributed by atoms with Gasteiger partial charge >= 0.3 is 14.5 Å². The fourth-order valence-electron chi connectivity index (χ4n) is 5.94. The van der Waals surface area contributed by atoms with E-state index in [1.807, 2.05) is 0 Å². The lowest BCUT2D eigenvalue weighted by Gasteiger charge is -2.28. The first-order valence-corrected chi connectivity index (χ1v) is 18.1. The van der Waals surface area contributed by atoms with Crippen molar-refractivity contribution in [3.8, 4) is 0 Å². The van der Waals surface area contributed by atoms with Crippen molar-refractivity contribution in [2.45, 2.75) is 49.4 Å². The number of aliphatic hydroxyl groups is 1. The normalized spacial score (nSPS) is 36.6. The van der Waals surface area contributed by atoms with E-state index in [1.165, 1.54) is 28.1 Å². The average molecular weight is 718 g/mol. The number of ether oxygens (including phenoxy) is 2. The Morgan fingerprint density at radius 2 is 1.66 bits per heavy atom. The zero-order valence-corrected chi connectivity index (χ0v) is 26.6. The van der Waals surface area contributed by atoms with Gasteiger partial charge in [0.15, 0.2) is 35.1 Å². The van der Waals surface area contributed by atoms with Gasteiger partial charge in [0.25, 0.3) is 5.56 Å².